The maximum atomic E-state index is 13.2. The summed E-state index contributed by atoms with van der Waals surface area (Å²) in [6.07, 6.45) is 2.42. The van der Waals surface area contributed by atoms with Crippen molar-refractivity contribution in [1.29, 1.82) is 5.26 Å². The van der Waals surface area contributed by atoms with Gasteiger partial charge in [0.25, 0.3) is 0 Å². The lowest BCUT2D eigenvalue weighted by Crippen LogP contribution is -2.36. The number of halogens is 1. The van der Waals surface area contributed by atoms with Crippen molar-refractivity contribution in [3.05, 3.63) is 24.0 Å². The van der Waals surface area contributed by atoms with Crippen molar-refractivity contribution in [3.63, 3.8) is 0 Å². The third-order valence-corrected chi connectivity index (χ3v) is 2.59. The van der Waals surface area contributed by atoms with E-state index in [1.807, 2.05) is 17.0 Å². The smallest absolute Gasteiger partial charge is 0.140 e. The predicted octanol–water partition coefficient (Wildman–Crippen LogP) is 1.89. The molecule has 1 saturated heterocycles. The van der Waals surface area contributed by atoms with E-state index in [1.165, 1.54) is 0 Å². The molecular formula is C11H12FN3. The van der Waals surface area contributed by atoms with Crippen LogP contribution in [0, 0.1) is 11.3 Å². The third-order valence-electron chi connectivity index (χ3n) is 2.59. The average Bonchev–Trinajstić information content (AvgIpc) is 2.29. The second-order valence-electron chi connectivity index (χ2n) is 3.70. The van der Waals surface area contributed by atoms with Crippen LogP contribution in [0.1, 0.15) is 18.5 Å². The van der Waals surface area contributed by atoms with Crippen LogP contribution in [0.15, 0.2) is 18.3 Å². The monoisotopic (exact) mass is 205 g/mol. The Bertz CT molecular complexity index is 368. The molecule has 1 fully saturated rings. The molecule has 0 N–H and O–H groups in total. The number of hydrogen-bond donors (Lipinski definition) is 0. The lowest BCUT2D eigenvalue weighted by atomic mass is 10.1. The van der Waals surface area contributed by atoms with E-state index in [1.54, 1.807) is 12.3 Å². The molecule has 0 aliphatic carbocycles. The van der Waals surface area contributed by atoms with Crippen LogP contribution in [-0.4, -0.2) is 24.2 Å². The zero-order valence-corrected chi connectivity index (χ0v) is 8.36. The fraction of sp³-hybridized carbons (Fsp3) is 0.455. The van der Waals surface area contributed by atoms with E-state index < -0.39 is 6.17 Å². The zero-order valence-electron chi connectivity index (χ0n) is 8.36. The standard InChI is InChI=1S/C11H12FN3/c12-9-2-1-5-15(8-9)11-4-3-10(6-13)14-7-11/h3-4,7,9H,1-2,5,8H2/t9-/m1/s1. The minimum absolute atomic E-state index is 0.396. The van der Waals surface area contributed by atoms with Gasteiger partial charge in [-0.05, 0) is 25.0 Å². The molecule has 0 radical (unpaired) electrons. The van der Waals surface area contributed by atoms with Gasteiger partial charge in [0.05, 0.1) is 11.9 Å². The summed E-state index contributed by atoms with van der Waals surface area (Å²) in [6.45, 7) is 1.31. The van der Waals surface area contributed by atoms with E-state index in [2.05, 4.69) is 4.98 Å². The number of alkyl halides is 1. The van der Waals surface area contributed by atoms with Crippen LogP contribution in [0.4, 0.5) is 10.1 Å². The van der Waals surface area contributed by atoms with Gasteiger partial charge in [-0.15, -0.1) is 0 Å². The van der Waals surface area contributed by atoms with Gasteiger partial charge >= 0.3 is 0 Å². The fourth-order valence-corrected chi connectivity index (χ4v) is 1.80. The molecule has 1 aromatic rings. The van der Waals surface area contributed by atoms with Crippen molar-refractivity contribution in [2.45, 2.75) is 19.0 Å². The number of rotatable bonds is 1. The second kappa shape index (κ2) is 4.26. The molecule has 0 aromatic carbocycles. The Labute approximate surface area is 88.2 Å². The van der Waals surface area contributed by atoms with Crippen molar-refractivity contribution >= 4 is 5.69 Å². The summed E-state index contributed by atoms with van der Waals surface area (Å²) in [4.78, 5) is 5.95. The van der Waals surface area contributed by atoms with Crippen LogP contribution in [0.3, 0.4) is 0 Å². The topological polar surface area (TPSA) is 39.9 Å². The molecule has 0 unspecified atom stereocenters. The SMILES string of the molecule is N#Cc1ccc(N2CCC[C@@H](F)C2)cn1. The van der Waals surface area contributed by atoms with Crippen LogP contribution >= 0.6 is 0 Å². The van der Waals surface area contributed by atoms with Gasteiger partial charge in [-0.25, -0.2) is 9.37 Å². The van der Waals surface area contributed by atoms with Gasteiger partial charge in [0.15, 0.2) is 0 Å². The average molecular weight is 205 g/mol. The molecule has 0 bridgehead atoms. The first-order valence-electron chi connectivity index (χ1n) is 5.05. The van der Waals surface area contributed by atoms with E-state index in [-0.39, 0.29) is 0 Å². The number of aromatic nitrogens is 1. The van der Waals surface area contributed by atoms with Crippen LogP contribution in [0.5, 0.6) is 0 Å². The summed E-state index contributed by atoms with van der Waals surface area (Å²) in [6, 6.07) is 5.45. The number of piperidine rings is 1. The number of nitriles is 1. The molecular weight excluding hydrogens is 193 g/mol. The summed E-state index contributed by atoms with van der Waals surface area (Å²) in [5.74, 6) is 0. The molecule has 3 nitrogen and oxygen atoms in total. The molecule has 1 atom stereocenters. The third kappa shape index (κ3) is 2.24. The summed E-state index contributed by atoms with van der Waals surface area (Å²) in [5.41, 5.74) is 1.30. The van der Waals surface area contributed by atoms with Crippen molar-refractivity contribution in [2.75, 3.05) is 18.0 Å². The first-order chi connectivity index (χ1) is 7.29. The summed E-state index contributed by atoms with van der Waals surface area (Å²) in [5, 5.41) is 8.59. The molecule has 1 aromatic heterocycles. The molecule has 2 rings (SSSR count). The van der Waals surface area contributed by atoms with E-state index in [9.17, 15) is 4.39 Å². The molecule has 0 saturated carbocycles. The van der Waals surface area contributed by atoms with Gasteiger partial charge in [0.1, 0.15) is 17.9 Å². The number of anilines is 1. The number of hydrogen-bond acceptors (Lipinski definition) is 3. The van der Waals surface area contributed by atoms with Crippen LogP contribution in [0.2, 0.25) is 0 Å². The highest BCUT2D eigenvalue weighted by Gasteiger charge is 2.19. The Morgan fingerprint density at radius 1 is 1.53 bits per heavy atom. The molecule has 78 valence electrons. The molecule has 0 spiro atoms. The van der Waals surface area contributed by atoms with Gasteiger partial charge < -0.3 is 4.90 Å². The minimum atomic E-state index is -0.741. The number of nitrogens with zero attached hydrogens (tertiary/aromatic N) is 3. The lowest BCUT2D eigenvalue weighted by molar-refractivity contribution is 0.287. The van der Waals surface area contributed by atoms with Gasteiger partial charge in [-0.3, -0.25) is 0 Å². The molecule has 15 heavy (non-hydrogen) atoms. The molecule has 4 heteroatoms. The van der Waals surface area contributed by atoms with Crippen LogP contribution in [-0.2, 0) is 0 Å². The fourth-order valence-electron chi connectivity index (χ4n) is 1.80. The van der Waals surface area contributed by atoms with Gasteiger partial charge in [0, 0.05) is 13.1 Å². The zero-order chi connectivity index (χ0) is 10.7. The minimum Gasteiger partial charge on any atom is -0.367 e. The lowest BCUT2D eigenvalue weighted by Gasteiger charge is -2.30. The highest BCUT2D eigenvalue weighted by Crippen LogP contribution is 2.20. The largest absolute Gasteiger partial charge is 0.367 e. The van der Waals surface area contributed by atoms with Gasteiger partial charge in [-0.2, -0.15) is 5.26 Å². The first-order valence-corrected chi connectivity index (χ1v) is 5.05. The summed E-state index contributed by atoms with van der Waals surface area (Å²) in [7, 11) is 0. The Hall–Kier alpha value is -1.63. The highest BCUT2D eigenvalue weighted by atomic mass is 19.1. The predicted molar refractivity (Wildman–Crippen MR) is 55.3 cm³/mol. The Morgan fingerprint density at radius 3 is 3.00 bits per heavy atom. The molecule has 1 aliphatic rings. The van der Waals surface area contributed by atoms with Crippen molar-refractivity contribution in [3.8, 4) is 6.07 Å². The maximum absolute atomic E-state index is 13.2. The van der Waals surface area contributed by atoms with Gasteiger partial charge in [0.2, 0.25) is 0 Å². The summed E-state index contributed by atoms with van der Waals surface area (Å²) >= 11 is 0. The van der Waals surface area contributed by atoms with Crippen molar-refractivity contribution in [1.82, 2.24) is 4.98 Å². The quantitative estimate of drug-likeness (QED) is 0.702. The first kappa shape index (κ1) is 9.91. The highest BCUT2D eigenvalue weighted by molar-refractivity contribution is 5.46. The Kier molecular flexibility index (Phi) is 2.82. The summed E-state index contributed by atoms with van der Waals surface area (Å²) < 4.78 is 13.2. The molecule has 0 amide bonds. The number of pyridine rings is 1. The Balaban J connectivity index is 2.12. The normalized spacial score (nSPS) is 21.1. The van der Waals surface area contributed by atoms with Crippen molar-refractivity contribution < 1.29 is 4.39 Å². The van der Waals surface area contributed by atoms with Crippen LogP contribution < -0.4 is 4.90 Å². The Morgan fingerprint density at radius 2 is 2.40 bits per heavy atom. The van der Waals surface area contributed by atoms with Crippen molar-refractivity contribution in [2.24, 2.45) is 0 Å². The van der Waals surface area contributed by atoms with Gasteiger partial charge in [-0.1, -0.05) is 0 Å². The second-order valence-corrected chi connectivity index (χ2v) is 3.70. The van der Waals surface area contributed by atoms with E-state index in [0.29, 0.717) is 18.7 Å². The molecule has 2 heterocycles. The van der Waals surface area contributed by atoms with E-state index in [0.717, 1.165) is 18.7 Å². The maximum Gasteiger partial charge on any atom is 0.140 e. The van der Waals surface area contributed by atoms with E-state index in [4.69, 9.17) is 5.26 Å². The van der Waals surface area contributed by atoms with E-state index >= 15 is 0 Å². The molecule has 1 aliphatic heterocycles. The van der Waals surface area contributed by atoms with Crippen LogP contribution in [0.25, 0.3) is 0 Å².